The molecule has 3 aliphatic rings. The maximum absolute atomic E-state index is 13.6. The second kappa shape index (κ2) is 8.62. The van der Waals surface area contributed by atoms with Gasteiger partial charge >= 0.3 is 0 Å². The predicted molar refractivity (Wildman–Crippen MR) is 108 cm³/mol. The molecular weight excluding hydrogens is 338 g/mol. The van der Waals surface area contributed by atoms with Gasteiger partial charge in [0.1, 0.15) is 11.6 Å². The molecule has 1 aromatic rings. The molecule has 0 N–H and O–H groups in total. The Labute approximate surface area is 164 Å². The van der Waals surface area contributed by atoms with E-state index in [1.165, 1.54) is 64.2 Å². The fourth-order valence-corrected chi connectivity index (χ4v) is 6.45. The van der Waals surface area contributed by atoms with Gasteiger partial charge in [-0.15, -0.1) is 0 Å². The van der Waals surface area contributed by atoms with Crippen molar-refractivity contribution in [1.29, 1.82) is 0 Å². The second-order valence-electron chi connectivity index (χ2n) is 10.1. The lowest BCUT2D eigenvalue weighted by Gasteiger charge is -2.42. The van der Waals surface area contributed by atoms with Crippen LogP contribution in [0.2, 0.25) is 0 Å². The fourth-order valence-electron chi connectivity index (χ4n) is 6.45. The zero-order valence-corrected chi connectivity index (χ0v) is 16.9. The van der Waals surface area contributed by atoms with Crippen LogP contribution >= 0.6 is 0 Å². The van der Waals surface area contributed by atoms with Gasteiger partial charge in [0.2, 0.25) is 0 Å². The first-order chi connectivity index (χ1) is 13.1. The van der Waals surface area contributed by atoms with Crippen molar-refractivity contribution in [3.05, 3.63) is 35.4 Å². The smallest absolute Gasteiger partial charge is 0.126 e. The zero-order chi connectivity index (χ0) is 18.8. The molecule has 0 heterocycles. The summed E-state index contributed by atoms with van der Waals surface area (Å²) in [5.41, 5.74) is 0.889. The highest BCUT2D eigenvalue weighted by Gasteiger charge is 2.36. The molecule has 2 heteroatoms. The van der Waals surface area contributed by atoms with Gasteiger partial charge in [0.25, 0.3) is 0 Å². The quantitative estimate of drug-likeness (QED) is 0.503. The zero-order valence-electron chi connectivity index (χ0n) is 16.9. The molecule has 0 amide bonds. The fraction of sp³-hybridized carbons (Fsp3) is 0.760. The Hall–Kier alpha value is -0.920. The summed E-state index contributed by atoms with van der Waals surface area (Å²) in [4.78, 5) is 0. The summed E-state index contributed by atoms with van der Waals surface area (Å²) in [6.45, 7) is 2.41. The highest BCUT2D eigenvalue weighted by molar-refractivity contribution is 5.22. The van der Waals surface area contributed by atoms with E-state index in [-0.39, 0.29) is 0 Å². The monoisotopic (exact) mass is 374 g/mol. The van der Waals surface area contributed by atoms with Crippen LogP contribution in [0.1, 0.15) is 95.5 Å². The van der Waals surface area contributed by atoms with E-state index in [4.69, 9.17) is 0 Å². The molecule has 3 aliphatic carbocycles. The van der Waals surface area contributed by atoms with E-state index in [0.29, 0.717) is 5.92 Å². The van der Waals surface area contributed by atoms with Crippen molar-refractivity contribution in [2.24, 2.45) is 29.6 Å². The van der Waals surface area contributed by atoms with Crippen molar-refractivity contribution < 1.29 is 8.78 Å². The van der Waals surface area contributed by atoms with Crippen LogP contribution in [0.15, 0.2) is 18.2 Å². The molecule has 150 valence electrons. The van der Waals surface area contributed by atoms with Gasteiger partial charge in [-0.3, -0.25) is 0 Å². The van der Waals surface area contributed by atoms with E-state index in [1.54, 1.807) is 12.1 Å². The summed E-state index contributed by atoms with van der Waals surface area (Å²) in [7, 11) is 0. The van der Waals surface area contributed by atoms with Gasteiger partial charge in [0, 0.05) is 6.07 Å². The minimum atomic E-state index is -0.423. The SMILES string of the molecule is CC1CCC(CCC2CCC3CC(c4cc(F)cc(F)c4)CCC3C2)CC1. The average molecular weight is 375 g/mol. The molecule has 0 saturated heterocycles. The summed E-state index contributed by atoms with van der Waals surface area (Å²) < 4.78 is 27.2. The third kappa shape index (κ3) is 4.93. The number of hydrogen-bond acceptors (Lipinski definition) is 0. The molecule has 3 saturated carbocycles. The van der Waals surface area contributed by atoms with Gasteiger partial charge in [-0.1, -0.05) is 51.9 Å². The van der Waals surface area contributed by atoms with E-state index < -0.39 is 11.6 Å². The molecule has 0 aliphatic heterocycles. The Morgan fingerprint density at radius 3 is 2.04 bits per heavy atom. The summed E-state index contributed by atoms with van der Waals surface area (Å²) in [6.07, 6.45) is 16.4. The molecule has 0 aromatic heterocycles. The van der Waals surface area contributed by atoms with Gasteiger partial charge in [-0.2, -0.15) is 0 Å². The molecule has 0 bridgehead atoms. The number of hydrogen-bond donors (Lipinski definition) is 0. The summed E-state index contributed by atoms with van der Waals surface area (Å²) in [5.74, 6) is 4.05. The molecule has 4 unspecified atom stereocenters. The molecular formula is C25H36F2. The van der Waals surface area contributed by atoms with Gasteiger partial charge in [-0.25, -0.2) is 8.78 Å². The lowest BCUT2D eigenvalue weighted by molar-refractivity contribution is 0.109. The first-order valence-corrected chi connectivity index (χ1v) is 11.5. The Kier molecular flexibility index (Phi) is 6.19. The second-order valence-corrected chi connectivity index (χ2v) is 10.1. The summed E-state index contributed by atoms with van der Waals surface area (Å²) >= 11 is 0. The van der Waals surface area contributed by atoms with Crippen LogP contribution in [0, 0.1) is 41.2 Å². The molecule has 4 atom stereocenters. The lowest BCUT2D eigenvalue weighted by Crippen LogP contribution is -2.30. The Morgan fingerprint density at radius 1 is 0.704 bits per heavy atom. The third-order valence-electron chi connectivity index (χ3n) is 8.20. The summed E-state index contributed by atoms with van der Waals surface area (Å²) in [5, 5.41) is 0. The van der Waals surface area contributed by atoms with E-state index >= 15 is 0 Å². The van der Waals surface area contributed by atoms with E-state index in [2.05, 4.69) is 6.92 Å². The third-order valence-corrected chi connectivity index (χ3v) is 8.20. The van der Waals surface area contributed by atoms with Crippen LogP contribution in [-0.2, 0) is 0 Å². The van der Waals surface area contributed by atoms with Gasteiger partial charge in [-0.05, 0) is 85.3 Å². The van der Waals surface area contributed by atoms with Crippen LogP contribution in [0.5, 0.6) is 0 Å². The standard InChI is InChI=1S/C25H36F2/c1-17-2-4-18(5-3-17)6-7-19-8-9-21-13-22(11-10-20(21)12-19)23-14-24(26)16-25(27)15-23/h14-22H,2-13H2,1H3. The van der Waals surface area contributed by atoms with Crippen LogP contribution in [0.4, 0.5) is 8.78 Å². The molecule has 27 heavy (non-hydrogen) atoms. The number of fused-ring (bicyclic) bond motifs is 1. The topological polar surface area (TPSA) is 0 Å². The first-order valence-electron chi connectivity index (χ1n) is 11.5. The summed E-state index contributed by atoms with van der Waals surface area (Å²) in [6, 6.07) is 4.11. The number of halogens is 2. The van der Waals surface area contributed by atoms with Crippen molar-refractivity contribution in [2.45, 2.75) is 89.9 Å². The Bertz CT molecular complexity index is 596. The van der Waals surface area contributed by atoms with E-state index in [9.17, 15) is 8.78 Å². The van der Waals surface area contributed by atoms with Crippen molar-refractivity contribution in [1.82, 2.24) is 0 Å². The molecule has 0 nitrogen and oxygen atoms in total. The predicted octanol–water partition coefficient (Wildman–Crippen LogP) is 7.87. The van der Waals surface area contributed by atoms with Crippen molar-refractivity contribution in [3.8, 4) is 0 Å². The molecule has 3 fully saturated rings. The maximum atomic E-state index is 13.6. The molecule has 0 radical (unpaired) electrons. The largest absolute Gasteiger partial charge is 0.207 e. The Morgan fingerprint density at radius 2 is 1.30 bits per heavy atom. The van der Waals surface area contributed by atoms with Gasteiger partial charge < -0.3 is 0 Å². The highest BCUT2D eigenvalue weighted by atomic mass is 19.1. The maximum Gasteiger partial charge on any atom is 0.126 e. The van der Waals surface area contributed by atoms with E-state index in [1.807, 2.05) is 0 Å². The minimum absolute atomic E-state index is 0.359. The van der Waals surface area contributed by atoms with Crippen molar-refractivity contribution in [3.63, 3.8) is 0 Å². The Balaban J connectivity index is 1.26. The van der Waals surface area contributed by atoms with Crippen molar-refractivity contribution >= 4 is 0 Å². The van der Waals surface area contributed by atoms with Crippen LogP contribution < -0.4 is 0 Å². The average Bonchev–Trinajstić information content (AvgIpc) is 2.66. The molecule has 1 aromatic carbocycles. The minimum Gasteiger partial charge on any atom is -0.207 e. The van der Waals surface area contributed by atoms with Crippen LogP contribution in [-0.4, -0.2) is 0 Å². The van der Waals surface area contributed by atoms with Gasteiger partial charge in [0.05, 0.1) is 0 Å². The normalized spacial score (nSPS) is 37.0. The number of rotatable bonds is 4. The highest BCUT2D eigenvalue weighted by Crippen LogP contribution is 2.49. The van der Waals surface area contributed by atoms with Crippen LogP contribution in [0.3, 0.4) is 0 Å². The molecule has 0 spiro atoms. The van der Waals surface area contributed by atoms with Crippen LogP contribution in [0.25, 0.3) is 0 Å². The number of benzene rings is 1. The first kappa shape index (κ1) is 19.4. The lowest BCUT2D eigenvalue weighted by atomic mass is 9.63. The van der Waals surface area contributed by atoms with Crippen molar-refractivity contribution in [2.75, 3.05) is 0 Å². The molecule has 4 rings (SSSR count). The van der Waals surface area contributed by atoms with E-state index in [0.717, 1.165) is 54.1 Å². The van der Waals surface area contributed by atoms with Gasteiger partial charge in [0.15, 0.2) is 0 Å².